The normalized spacial score (nSPS) is 10.9. The predicted molar refractivity (Wildman–Crippen MR) is 102 cm³/mol. The molecule has 1 heterocycles. The van der Waals surface area contributed by atoms with Gasteiger partial charge in [-0.15, -0.1) is 4.91 Å². The van der Waals surface area contributed by atoms with Gasteiger partial charge in [0, 0.05) is 11.9 Å². The van der Waals surface area contributed by atoms with E-state index in [1.807, 2.05) is 50.2 Å². The van der Waals surface area contributed by atoms with Gasteiger partial charge in [-0.05, 0) is 49.2 Å². The fourth-order valence-corrected chi connectivity index (χ4v) is 3.30. The third-order valence-electron chi connectivity index (χ3n) is 4.38. The summed E-state index contributed by atoms with van der Waals surface area (Å²) in [6, 6.07) is 11.4. The Balaban J connectivity index is 1.79. The summed E-state index contributed by atoms with van der Waals surface area (Å²) in [6.45, 7) is 4.88. The van der Waals surface area contributed by atoms with Crippen LogP contribution in [0.15, 0.2) is 41.6 Å². The zero-order valence-electron chi connectivity index (χ0n) is 15.2. The summed E-state index contributed by atoms with van der Waals surface area (Å²) in [5.74, 6) is 1.26. The number of hydrogen-bond acceptors (Lipinski definition) is 5. The minimum atomic E-state index is -0.0963. The molecule has 0 spiro atoms. The number of nitroso groups, excluding NO2 is 1. The highest BCUT2D eigenvalue weighted by Gasteiger charge is 2.19. The summed E-state index contributed by atoms with van der Waals surface area (Å²) in [4.78, 5) is 11.2. The smallest absolute Gasteiger partial charge is 0.222 e. The van der Waals surface area contributed by atoms with Gasteiger partial charge in [0.1, 0.15) is 0 Å². The first-order valence-corrected chi connectivity index (χ1v) is 8.48. The summed E-state index contributed by atoms with van der Waals surface area (Å²) in [6.07, 6.45) is 0.654. The van der Waals surface area contributed by atoms with Crippen molar-refractivity contribution < 1.29 is 14.6 Å². The SMILES string of the molecule is COc1ccccc1OCCCn1c(O)c(N=O)c2cc(C)cc(C)c21. The number of para-hydroxylation sites is 2. The lowest BCUT2D eigenvalue weighted by Crippen LogP contribution is -2.05. The molecule has 136 valence electrons. The Bertz CT molecular complexity index is 947. The van der Waals surface area contributed by atoms with Gasteiger partial charge in [-0.25, -0.2) is 0 Å². The third kappa shape index (κ3) is 3.22. The molecule has 3 rings (SSSR count). The Labute approximate surface area is 151 Å². The molecular formula is C20H22N2O4. The summed E-state index contributed by atoms with van der Waals surface area (Å²) in [5, 5.41) is 14.1. The number of methoxy groups -OCH3 is 1. The van der Waals surface area contributed by atoms with E-state index in [0.717, 1.165) is 16.6 Å². The zero-order chi connectivity index (χ0) is 18.7. The van der Waals surface area contributed by atoms with Crippen molar-refractivity contribution in [1.29, 1.82) is 0 Å². The lowest BCUT2D eigenvalue weighted by molar-refractivity contribution is 0.280. The van der Waals surface area contributed by atoms with Gasteiger partial charge in [0.15, 0.2) is 17.2 Å². The van der Waals surface area contributed by atoms with Crippen LogP contribution in [-0.4, -0.2) is 23.4 Å². The Kier molecular flexibility index (Phi) is 5.11. The average molecular weight is 354 g/mol. The van der Waals surface area contributed by atoms with Crippen LogP contribution >= 0.6 is 0 Å². The number of nitrogens with zero attached hydrogens (tertiary/aromatic N) is 2. The van der Waals surface area contributed by atoms with Gasteiger partial charge in [-0.1, -0.05) is 23.8 Å². The molecule has 0 aliphatic rings. The molecule has 0 saturated carbocycles. The maximum absolute atomic E-state index is 11.2. The van der Waals surface area contributed by atoms with Crippen molar-refractivity contribution in [2.45, 2.75) is 26.8 Å². The Hall–Kier alpha value is -3.02. The lowest BCUT2D eigenvalue weighted by atomic mass is 10.1. The first kappa shape index (κ1) is 17.8. The first-order valence-electron chi connectivity index (χ1n) is 8.48. The molecule has 0 aliphatic heterocycles. The summed E-state index contributed by atoms with van der Waals surface area (Å²) < 4.78 is 12.8. The average Bonchev–Trinajstić information content (AvgIpc) is 2.90. The second-order valence-electron chi connectivity index (χ2n) is 6.25. The van der Waals surface area contributed by atoms with Crippen molar-refractivity contribution in [2.24, 2.45) is 5.18 Å². The lowest BCUT2D eigenvalue weighted by Gasteiger charge is -2.12. The molecule has 0 unspecified atom stereocenters. The molecule has 0 radical (unpaired) electrons. The molecular weight excluding hydrogens is 332 g/mol. The Morgan fingerprint density at radius 2 is 1.88 bits per heavy atom. The van der Waals surface area contributed by atoms with Gasteiger partial charge in [0.05, 0.1) is 19.2 Å². The molecule has 3 aromatic rings. The maximum Gasteiger partial charge on any atom is 0.222 e. The molecule has 6 heteroatoms. The summed E-state index contributed by atoms with van der Waals surface area (Å²) >= 11 is 0. The van der Waals surface area contributed by atoms with E-state index in [1.54, 1.807) is 11.7 Å². The third-order valence-corrected chi connectivity index (χ3v) is 4.38. The number of benzene rings is 2. The van der Waals surface area contributed by atoms with Gasteiger partial charge in [-0.3, -0.25) is 0 Å². The molecule has 0 fully saturated rings. The predicted octanol–water partition coefficient (Wildman–Crippen LogP) is 4.84. The summed E-state index contributed by atoms with van der Waals surface area (Å²) in [7, 11) is 1.60. The number of aryl methyl sites for hydroxylation is 3. The molecule has 0 aliphatic carbocycles. The number of hydrogen-bond donors (Lipinski definition) is 1. The minimum Gasteiger partial charge on any atom is -0.493 e. The molecule has 2 aromatic carbocycles. The molecule has 0 bridgehead atoms. The molecule has 1 N–H and O–H groups in total. The fraction of sp³-hybridized carbons (Fsp3) is 0.300. The van der Waals surface area contributed by atoms with Crippen LogP contribution in [0.1, 0.15) is 17.5 Å². The van der Waals surface area contributed by atoms with Crippen LogP contribution in [0.2, 0.25) is 0 Å². The van der Waals surface area contributed by atoms with Crippen LogP contribution in [-0.2, 0) is 6.54 Å². The van der Waals surface area contributed by atoms with Crippen molar-refractivity contribution in [2.75, 3.05) is 13.7 Å². The standard InChI is InChI=1S/C20H22N2O4/c1-13-11-14(2)19-15(12-13)18(21-24)20(23)22(19)9-6-10-26-17-8-5-4-7-16(17)25-3/h4-5,7-8,11-12,23H,6,9-10H2,1-3H3. The number of fused-ring (bicyclic) bond motifs is 1. The van der Waals surface area contributed by atoms with Crippen LogP contribution in [0, 0.1) is 18.8 Å². The van der Waals surface area contributed by atoms with Crippen LogP contribution < -0.4 is 9.47 Å². The largest absolute Gasteiger partial charge is 0.493 e. The number of aromatic nitrogens is 1. The maximum atomic E-state index is 11.2. The second kappa shape index (κ2) is 7.47. The van der Waals surface area contributed by atoms with Crippen LogP contribution in [0.3, 0.4) is 0 Å². The monoisotopic (exact) mass is 354 g/mol. The minimum absolute atomic E-state index is 0.0949. The Morgan fingerprint density at radius 3 is 2.58 bits per heavy atom. The quantitative estimate of drug-likeness (QED) is 0.487. The van der Waals surface area contributed by atoms with Gasteiger partial charge in [-0.2, -0.15) is 0 Å². The van der Waals surface area contributed by atoms with Crippen molar-refractivity contribution in [3.8, 4) is 17.4 Å². The van der Waals surface area contributed by atoms with E-state index < -0.39 is 0 Å². The van der Waals surface area contributed by atoms with E-state index in [2.05, 4.69) is 5.18 Å². The van der Waals surface area contributed by atoms with E-state index in [9.17, 15) is 10.0 Å². The molecule has 0 atom stereocenters. The van der Waals surface area contributed by atoms with Crippen molar-refractivity contribution in [3.05, 3.63) is 52.4 Å². The summed E-state index contributed by atoms with van der Waals surface area (Å²) in [5.41, 5.74) is 2.95. The highest BCUT2D eigenvalue weighted by Crippen LogP contribution is 2.40. The van der Waals surface area contributed by atoms with Gasteiger partial charge in [0.2, 0.25) is 5.88 Å². The van der Waals surface area contributed by atoms with Crippen molar-refractivity contribution >= 4 is 16.6 Å². The molecule has 26 heavy (non-hydrogen) atoms. The van der Waals surface area contributed by atoms with Crippen molar-refractivity contribution in [3.63, 3.8) is 0 Å². The van der Waals surface area contributed by atoms with Gasteiger partial charge >= 0.3 is 0 Å². The zero-order valence-corrected chi connectivity index (χ0v) is 15.2. The Morgan fingerprint density at radius 1 is 1.15 bits per heavy atom. The van der Waals surface area contributed by atoms with E-state index in [1.165, 1.54) is 0 Å². The number of aromatic hydroxyl groups is 1. The fourth-order valence-electron chi connectivity index (χ4n) is 3.30. The molecule has 6 nitrogen and oxygen atoms in total. The van der Waals surface area contributed by atoms with E-state index in [-0.39, 0.29) is 11.6 Å². The van der Waals surface area contributed by atoms with Crippen LogP contribution in [0.5, 0.6) is 17.4 Å². The topological polar surface area (TPSA) is 73.1 Å². The first-order chi connectivity index (χ1) is 12.6. The van der Waals surface area contributed by atoms with Crippen LogP contribution in [0.4, 0.5) is 5.69 Å². The van der Waals surface area contributed by atoms with Crippen LogP contribution in [0.25, 0.3) is 10.9 Å². The van der Waals surface area contributed by atoms with E-state index >= 15 is 0 Å². The molecule has 0 amide bonds. The van der Waals surface area contributed by atoms with E-state index in [0.29, 0.717) is 36.5 Å². The highest BCUT2D eigenvalue weighted by atomic mass is 16.5. The van der Waals surface area contributed by atoms with Gasteiger partial charge < -0.3 is 19.1 Å². The highest BCUT2D eigenvalue weighted by molar-refractivity contribution is 5.97. The number of ether oxygens (including phenoxy) is 2. The molecule has 0 saturated heterocycles. The number of rotatable bonds is 7. The molecule has 1 aromatic heterocycles. The van der Waals surface area contributed by atoms with E-state index in [4.69, 9.17) is 9.47 Å². The van der Waals surface area contributed by atoms with Gasteiger partial charge in [0.25, 0.3) is 0 Å². The van der Waals surface area contributed by atoms with Crippen molar-refractivity contribution in [1.82, 2.24) is 4.57 Å². The second-order valence-corrected chi connectivity index (χ2v) is 6.25.